The molecular formula is C16H21N3O2. The Bertz CT molecular complexity index is 628. The standard InChI is InChI=1S/C16H21N3O2/c1-3-18-13(16(17)20)9-10-21-14-6-4-5-12-8-7-11(2)19-15(12)14/h4-8,13,18H,3,9-10H2,1-2H3,(H2,17,20). The highest BCUT2D eigenvalue weighted by molar-refractivity contribution is 5.84. The molecule has 1 unspecified atom stereocenters. The SMILES string of the molecule is CCNC(CCOc1cccc2ccc(C)nc12)C(N)=O. The van der Waals surface area contributed by atoms with E-state index in [4.69, 9.17) is 10.5 Å². The van der Waals surface area contributed by atoms with Crippen molar-refractivity contribution in [2.24, 2.45) is 5.73 Å². The molecule has 1 amide bonds. The van der Waals surface area contributed by atoms with Gasteiger partial charge in [-0.15, -0.1) is 0 Å². The molecule has 1 aromatic carbocycles. The number of aryl methyl sites for hydroxylation is 1. The van der Waals surface area contributed by atoms with E-state index in [0.717, 1.165) is 22.3 Å². The number of hydrogen-bond acceptors (Lipinski definition) is 4. The molecule has 112 valence electrons. The van der Waals surface area contributed by atoms with Gasteiger partial charge < -0.3 is 15.8 Å². The number of fused-ring (bicyclic) bond motifs is 1. The van der Waals surface area contributed by atoms with Crippen LogP contribution in [0.4, 0.5) is 0 Å². The van der Waals surface area contributed by atoms with Crippen molar-refractivity contribution in [3.05, 3.63) is 36.0 Å². The first kappa shape index (κ1) is 15.3. The fourth-order valence-electron chi connectivity index (χ4n) is 2.21. The molecule has 0 bridgehead atoms. The van der Waals surface area contributed by atoms with Crippen LogP contribution in [0.5, 0.6) is 5.75 Å². The van der Waals surface area contributed by atoms with Crippen molar-refractivity contribution in [1.82, 2.24) is 10.3 Å². The van der Waals surface area contributed by atoms with Gasteiger partial charge in [-0.25, -0.2) is 4.98 Å². The first-order valence-corrected chi connectivity index (χ1v) is 7.13. The normalized spacial score (nSPS) is 12.3. The lowest BCUT2D eigenvalue weighted by molar-refractivity contribution is -0.120. The van der Waals surface area contributed by atoms with Gasteiger partial charge in [0.05, 0.1) is 12.6 Å². The van der Waals surface area contributed by atoms with Crippen molar-refractivity contribution in [3.8, 4) is 5.75 Å². The minimum absolute atomic E-state index is 0.354. The lowest BCUT2D eigenvalue weighted by atomic mass is 10.2. The van der Waals surface area contributed by atoms with E-state index in [1.54, 1.807) is 0 Å². The number of pyridine rings is 1. The third-order valence-corrected chi connectivity index (χ3v) is 3.28. The smallest absolute Gasteiger partial charge is 0.234 e. The third kappa shape index (κ3) is 3.92. The zero-order chi connectivity index (χ0) is 15.2. The minimum Gasteiger partial charge on any atom is -0.491 e. The second kappa shape index (κ2) is 7.04. The molecule has 1 heterocycles. The van der Waals surface area contributed by atoms with E-state index < -0.39 is 0 Å². The summed E-state index contributed by atoms with van der Waals surface area (Å²) in [6.07, 6.45) is 0.533. The van der Waals surface area contributed by atoms with Crippen LogP contribution < -0.4 is 15.8 Å². The molecule has 0 spiro atoms. The first-order chi connectivity index (χ1) is 10.1. The van der Waals surface area contributed by atoms with Crippen LogP contribution in [-0.2, 0) is 4.79 Å². The van der Waals surface area contributed by atoms with Crippen LogP contribution in [-0.4, -0.2) is 30.1 Å². The van der Waals surface area contributed by atoms with Gasteiger partial charge in [0.25, 0.3) is 0 Å². The molecule has 1 atom stereocenters. The van der Waals surface area contributed by atoms with E-state index in [0.29, 0.717) is 19.6 Å². The number of rotatable bonds is 7. The van der Waals surface area contributed by atoms with Gasteiger partial charge in [-0.05, 0) is 25.6 Å². The molecular weight excluding hydrogens is 266 g/mol. The molecule has 2 rings (SSSR count). The van der Waals surface area contributed by atoms with Crippen molar-refractivity contribution in [3.63, 3.8) is 0 Å². The van der Waals surface area contributed by atoms with E-state index in [-0.39, 0.29) is 11.9 Å². The first-order valence-electron chi connectivity index (χ1n) is 7.13. The van der Waals surface area contributed by atoms with Crippen LogP contribution in [0.3, 0.4) is 0 Å². The van der Waals surface area contributed by atoms with Gasteiger partial charge in [0.15, 0.2) is 0 Å². The monoisotopic (exact) mass is 287 g/mol. The number of aromatic nitrogens is 1. The summed E-state index contributed by atoms with van der Waals surface area (Å²) in [5.74, 6) is 0.378. The second-order valence-corrected chi connectivity index (χ2v) is 4.93. The number of primary amides is 1. The van der Waals surface area contributed by atoms with Crippen molar-refractivity contribution < 1.29 is 9.53 Å². The highest BCUT2D eigenvalue weighted by Gasteiger charge is 2.14. The lowest BCUT2D eigenvalue weighted by Gasteiger charge is -2.15. The fourth-order valence-corrected chi connectivity index (χ4v) is 2.21. The Morgan fingerprint density at radius 3 is 2.90 bits per heavy atom. The van der Waals surface area contributed by atoms with E-state index in [1.165, 1.54) is 0 Å². The van der Waals surface area contributed by atoms with Gasteiger partial charge >= 0.3 is 0 Å². The lowest BCUT2D eigenvalue weighted by Crippen LogP contribution is -2.42. The summed E-state index contributed by atoms with van der Waals surface area (Å²) in [7, 11) is 0. The molecule has 0 fully saturated rings. The summed E-state index contributed by atoms with van der Waals surface area (Å²) in [5, 5.41) is 4.08. The maximum Gasteiger partial charge on any atom is 0.234 e. The molecule has 1 aromatic heterocycles. The molecule has 21 heavy (non-hydrogen) atoms. The predicted molar refractivity (Wildman–Crippen MR) is 83.3 cm³/mol. The number of carbonyl (C=O) groups is 1. The Balaban J connectivity index is 2.06. The average molecular weight is 287 g/mol. The van der Waals surface area contributed by atoms with E-state index in [2.05, 4.69) is 10.3 Å². The topological polar surface area (TPSA) is 77.2 Å². The molecule has 0 aliphatic rings. The van der Waals surface area contributed by atoms with Gasteiger partial charge in [-0.2, -0.15) is 0 Å². The minimum atomic E-state index is -0.361. The highest BCUT2D eigenvalue weighted by atomic mass is 16.5. The molecule has 0 saturated carbocycles. The van der Waals surface area contributed by atoms with Crippen LogP contribution in [0.25, 0.3) is 10.9 Å². The summed E-state index contributed by atoms with van der Waals surface area (Å²) in [4.78, 5) is 15.8. The Morgan fingerprint density at radius 1 is 1.38 bits per heavy atom. The van der Waals surface area contributed by atoms with E-state index in [9.17, 15) is 4.79 Å². The summed E-state index contributed by atoms with van der Waals surface area (Å²) in [6, 6.07) is 9.46. The number of carbonyl (C=O) groups excluding carboxylic acids is 1. The van der Waals surface area contributed by atoms with Gasteiger partial charge in [-0.1, -0.05) is 25.1 Å². The maximum absolute atomic E-state index is 11.3. The van der Waals surface area contributed by atoms with E-state index in [1.807, 2.05) is 44.2 Å². The zero-order valence-corrected chi connectivity index (χ0v) is 12.4. The van der Waals surface area contributed by atoms with Crippen LogP contribution >= 0.6 is 0 Å². The third-order valence-electron chi connectivity index (χ3n) is 3.28. The van der Waals surface area contributed by atoms with Gasteiger partial charge in [-0.3, -0.25) is 4.79 Å². The number of likely N-dealkylation sites (N-methyl/N-ethyl adjacent to an activating group) is 1. The second-order valence-electron chi connectivity index (χ2n) is 4.93. The van der Waals surface area contributed by atoms with Gasteiger partial charge in [0, 0.05) is 17.5 Å². The largest absolute Gasteiger partial charge is 0.491 e. The Hall–Kier alpha value is -2.14. The van der Waals surface area contributed by atoms with Crippen molar-refractivity contribution in [2.75, 3.05) is 13.2 Å². The average Bonchev–Trinajstić information content (AvgIpc) is 2.46. The number of benzene rings is 1. The predicted octanol–water partition coefficient (Wildman–Crippen LogP) is 1.78. The van der Waals surface area contributed by atoms with Crippen LogP contribution in [0.2, 0.25) is 0 Å². The number of amides is 1. The number of nitrogens with zero attached hydrogens (tertiary/aromatic N) is 1. The molecule has 2 aromatic rings. The molecule has 0 radical (unpaired) electrons. The Labute approximate surface area is 124 Å². The number of hydrogen-bond donors (Lipinski definition) is 2. The molecule has 0 aliphatic heterocycles. The number of ether oxygens (including phenoxy) is 1. The summed E-state index contributed by atoms with van der Waals surface area (Å²) in [5.41, 5.74) is 7.13. The molecule has 5 nitrogen and oxygen atoms in total. The molecule has 0 saturated heterocycles. The molecule has 0 aliphatic carbocycles. The molecule has 3 N–H and O–H groups in total. The molecule has 5 heteroatoms. The van der Waals surface area contributed by atoms with Gasteiger partial charge in [0.2, 0.25) is 5.91 Å². The van der Waals surface area contributed by atoms with Gasteiger partial charge in [0.1, 0.15) is 11.3 Å². The van der Waals surface area contributed by atoms with Crippen LogP contribution in [0.1, 0.15) is 19.0 Å². The van der Waals surface area contributed by atoms with Crippen LogP contribution in [0.15, 0.2) is 30.3 Å². The number of para-hydroxylation sites is 1. The van der Waals surface area contributed by atoms with Crippen molar-refractivity contribution in [1.29, 1.82) is 0 Å². The summed E-state index contributed by atoms with van der Waals surface area (Å²) in [6.45, 7) is 5.00. The van der Waals surface area contributed by atoms with Crippen molar-refractivity contribution >= 4 is 16.8 Å². The Kier molecular flexibility index (Phi) is 5.11. The zero-order valence-electron chi connectivity index (χ0n) is 12.4. The quantitative estimate of drug-likeness (QED) is 0.813. The number of nitrogens with two attached hydrogens (primary N) is 1. The summed E-state index contributed by atoms with van der Waals surface area (Å²) < 4.78 is 5.79. The van der Waals surface area contributed by atoms with Crippen LogP contribution in [0, 0.1) is 6.92 Å². The Morgan fingerprint density at radius 2 is 2.19 bits per heavy atom. The highest BCUT2D eigenvalue weighted by Crippen LogP contribution is 2.24. The summed E-state index contributed by atoms with van der Waals surface area (Å²) >= 11 is 0. The van der Waals surface area contributed by atoms with Crippen molar-refractivity contribution in [2.45, 2.75) is 26.3 Å². The fraction of sp³-hybridized carbons (Fsp3) is 0.375. The number of nitrogens with one attached hydrogen (secondary N) is 1. The maximum atomic E-state index is 11.3. The van der Waals surface area contributed by atoms with E-state index >= 15 is 0 Å².